The Hall–Kier alpha value is -3.64. The summed E-state index contributed by atoms with van der Waals surface area (Å²) in [7, 11) is -0.953. The highest BCUT2D eigenvalue weighted by Gasteiger charge is 2.27. The third kappa shape index (κ3) is 5.57. The van der Waals surface area contributed by atoms with Crippen molar-refractivity contribution in [2.75, 3.05) is 19.7 Å². The molecule has 4 heterocycles. The Bertz CT molecular complexity index is 1590. The Morgan fingerprint density at radius 3 is 2.85 bits per heavy atom. The van der Waals surface area contributed by atoms with E-state index in [2.05, 4.69) is 25.5 Å². The predicted octanol–water partition coefficient (Wildman–Crippen LogP) is 4.36. The number of halogens is 2. The molecule has 0 unspecified atom stereocenters. The third-order valence-electron chi connectivity index (χ3n) is 6.73. The largest absolute Gasteiger partial charge is 0.484 e. The minimum Gasteiger partial charge on any atom is -0.484 e. The number of fused-ring (bicyclic) bond motifs is 1. The molecule has 1 saturated heterocycles. The highest BCUT2D eigenvalue weighted by molar-refractivity contribution is 6.53. The van der Waals surface area contributed by atoms with Crippen LogP contribution in [0.25, 0.3) is 16.6 Å². The summed E-state index contributed by atoms with van der Waals surface area (Å²) in [5, 5.41) is 9.78. The van der Waals surface area contributed by atoms with Crippen LogP contribution < -0.4 is 4.74 Å². The quantitative estimate of drug-likeness (QED) is 0.299. The Labute approximate surface area is 230 Å². The summed E-state index contributed by atoms with van der Waals surface area (Å²) in [6.07, 6.45) is 6.16. The van der Waals surface area contributed by atoms with E-state index < -0.39 is 20.8 Å². The van der Waals surface area contributed by atoms with E-state index in [1.807, 2.05) is 0 Å². The van der Waals surface area contributed by atoms with Gasteiger partial charge in [0.25, 0.3) is 0 Å². The number of nitrogens with zero attached hydrogens (tertiary/aromatic N) is 5. The lowest BCUT2D eigenvalue weighted by molar-refractivity contribution is 0.0697. The van der Waals surface area contributed by atoms with Crippen molar-refractivity contribution in [1.82, 2.24) is 24.4 Å². The molecule has 6 rings (SSSR count). The van der Waals surface area contributed by atoms with E-state index in [1.165, 1.54) is 12.1 Å². The Morgan fingerprint density at radius 2 is 2.08 bits per heavy atom. The maximum atomic E-state index is 14.0. The first kappa shape index (κ1) is 25.6. The number of benzene rings is 2. The summed E-state index contributed by atoms with van der Waals surface area (Å²) in [5.74, 6) is -0.503. The van der Waals surface area contributed by atoms with Gasteiger partial charge in [-0.05, 0) is 48.0 Å². The molecule has 12 heteroatoms. The van der Waals surface area contributed by atoms with Crippen molar-refractivity contribution < 1.29 is 23.5 Å². The zero-order valence-electron chi connectivity index (χ0n) is 20.8. The fourth-order valence-corrected chi connectivity index (χ4v) is 6.25. The molecule has 2 aliphatic rings. The molecule has 0 amide bonds. The van der Waals surface area contributed by atoms with Crippen molar-refractivity contribution in [3.8, 4) is 5.75 Å². The standard InChI is InChI=1S/C27H24ClFN5O4Si/c28-19-2-4-25(21(29)10-19)37-15-20-11-30-12-23(31-20)18-5-6-33(13-18)14-26-32-22-3-1-17(27(35)36)9-24(22)34(26)16-39-8-7-38-39/h1-5,9-12H,6-8,13-16H2,(H,35,36). The highest BCUT2D eigenvalue weighted by atomic mass is 35.5. The highest BCUT2D eigenvalue weighted by Crippen LogP contribution is 2.26. The second-order valence-corrected chi connectivity index (χ2v) is 12.0. The maximum Gasteiger partial charge on any atom is 0.335 e. The number of rotatable bonds is 9. The van der Waals surface area contributed by atoms with Gasteiger partial charge in [-0.1, -0.05) is 17.7 Å². The van der Waals surface area contributed by atoms with E-state index in [-0.39, 0.29) is 17.9 Å². The number of imidazole rings is 1. The van der Waals surface area contributed by atoms with Crippen LogP contribution in [0.3, 0.4) is 0 Å². The van der Waals surface area contributed by atoms with E-state index in [4.69, 9.17) is 25.7 Å². The average Bonchev–Trinajstić information content (AvgIpc) is 3.50. The van der Waals surface area contributed by atoms with Gasteiger partial charge in [-0.15, -0.1) is 0 Å². The van der Waals surface area contributed by atoms with Crippen molar-refractivity contribution in [2.45, 2.75) is 25.4 Å². The summed E-state index contributed by atoms with van der Waals surface area (Å²) in [5.41, 5.74) is 4.20. The van der Waals surface area contributed by atoms with Crippen LogP contribution in [0.1, 0.15) is 27.6 Å². The summed E-state index contributed by atoms with van der Waals surface area (Å²) in [4.78, 5) is 27.6. The van der Waals surface area contributed by atoms with Gasteiger partial charge in [0.1, 0.15) is 12.4 Å². The molecule has 0 atom stereocenters. The third-order valence-corrected chi connectivity index (χ3v) is 9.01. The van der Waals surface area contributed by atoms with Crippen LogP contribution in [0.15, 0.2) is 54.9 Å². The van der Waals surface area contributed by atoms with Crippen LogP contribution in [0.5, 0.6) is 5.75 Å². The minimum absolute atomic E-state index is 0.0742. The smallest absolute Gasteiger partial charge is 0.335 e. The van der Waals surface area contributed by atoms with Crippen LogP contribution in [0, 0.1) is 5.82 Å². The van der Waals surface area contributed by atoms with Crippen molar-refractivity contribution >= 4 is 43.2 Å². The summed E-state index contributed by atoms with van der Waals surface area (Å²) < 4.78 is 27.5. The first-order chi connectivity index (χ1) is 18.9. The number of carbonyl (C=O) groups is 1. The van der Waals surface area contributed by atoms with E-state index in [0.29, 0.717) is 30.4 Å². The first-order valence-electron chi connectivity index (χ1n) is 12.4. The lowest BCUT2D eigenvalue weighted by Gasteiger charge is -2.26. The number of ether oxygens (including phenoxy) is 1. The Kier molecular flexibility index (Phi) is 7.13. The fraction of sp³-hybridized carbons (Fsp3) is 0.259. The van der Waals surface area contributed by atoms with Crippen LogP contribution in [-0.2, 0) is 23.7 Å². The average molecular weight is 565 g/mol. The molecule has 2 aliphatic heterocycles. The van der Waals surface area contributed by atoms with E-state index in [0.717, 1.165) is 46.9 Å². The number of carboxylic acids is 1. The molecular formula is C27H24ClFN5O4Si. The van der Waals surface area contributed by atoms with Gasteiger partial charge in [-0.2, -0.15) is 0 Å². The molecular weight excluding hydrogens is 541 g/mol. The molecule has 199 valence electrons. The normalized spacial score (nSPS) is 15.9. The van der Waals surface area contributed by atoms with Crippen LogP contribution in [0.4, 0.5) is 4.39 Å². The topological polar surface area (TPSA) is 103 Å². The fourth-order valence-electron chi connectivity index (χ4n) is 4.64. The molecule has 0 bridgehead atoms. The predicted molar refractivity (Wildman–Crippen MR) is 144 cm³/mol. The molecule has 1 radical (unpaired) electrons. The number of hydrogen-bond acceptors (Lipinski definition) is 7. The molecule has 1 fully saturated rings. The number of aromatic nitrogens is 4. The maximum absolute atomic E-state index is 14.0. The molecule has 9 nitrogen and oxygen atoms in total. The second-order valence-electron chi connectivity index (χ2n) is 9.42. The van der Waals surface area contributed by atoms with Gasteiger partial charge in [0.05, 0.1) is 46.9 Å². The van der Waals surface area contributed by atoms with Crippen molar-refractivity contribution in [2.24, 2.45) is 0 Å². The Balaban J connectivity index is 1.16. The molecule has 0 saturated carbocycles. The summed E-state index contributed by atoms with van der Waals surface area (Å²) in [6.45, 7) is 2.83. The van der Waals surface area contributed by atoms with E-state index in [1.54, 1.807) is 36.7 Å². The molecule has 2 aromatic carbocycles. The molecule has 0 aliphatic carbocycles. The number of carboxylic acid groups (broad SMARTS) is 1. The van der Waals surface area contributed by atoms with E-state index >= 15 is 0 Å². The zero-order chi connectivity index (χ0) is 26.9. The minimum atomic E-state index is -0.958. The van der Waals surface area contributed by atoms with Gasteiger partial charge >= 0.3 is 5.97 Å². The van der Waals surface area contributed by atoms with Gasteiger partial charge < -0.3 is 18.8 Å². The van der Waals surface area contributed by atoms with Gasteiger partial charge in [0, 0.05) is 30.9 Å². The second kappa shape index (κ2) is 10.9. The van der Waals surface area contributed by atoms with Gasteiger partial charge in [-0.25, -0.2) is 19.2 Å². The molecule has 4 aromatic rings. The number of aromatic carboxylic acids is 1. The van der Waals surface area contributed by atoms with Crippen molar-refractivity contribution in [3.05, 3.63) is 88.5 Å². The summed E-state index contributed by atoms with van der Waals surface area (Å²) >= 11 is 5.81. The Morgan fingerprint density at radius 1 is 1.21 bits per heavy atom. The molecule has 0 spiro atoms. The lowest BCUT2D eigenvalue weighted by Crippen LogP contribution is -2.36. The number of hydrogen-bond donors (Lipinski definition) is 1. The van der Waals surface area contributed by atoms with Crippen LogP contribution in [0.2, 0.25) is 11.1 Å². The monoisotopic (exact) mass is 564 g/mol. The van der Waals surface area contributed by atoms with E-state index in [9.17, 15) is 14.3 Å². The lowest BCUT2D eigenvalue weighted by atomic mass is 10.2. The summed E-state index contributed by atoms with van der Waals surface area (Å²) in [6, 6.07) is 10.4. The SMILES string of the molecule is O=C(O)c1ccc2nc(CN3CC=C(c4cncc(COc5ccc(Cl)cc5F)n4)C3)n(C[Si]3CCO3)c2c1. The molecule has 2 aromatic heterocycles. The molecule has 39 heavy (non-hydrogen) atoms. The zero-order valence-corrected chi connectivity index (χ0v) is 22.6. The first-order valence-corrected chi connectivity index (χ1v) is 14.6. The van der Waals surface area contributed by atoms with Gasteiger partial charge in [0.2, 0.25) is 9.04 Å². The van der Waals surface area contributed by atoms with Crippen molar-refractivity contribution in [3.63, 3.8) is 0 Å². The van der Waals surface area contributed by atoms with Crippen molar-refractivity contribution in [1.29, 1.82) is 0 Å². The van der Waals surface area contributed by atoms with Gasteiger partial charge in [-0.3, -0.25) is 9.88 Å². The molecule has 1 N–H and O–H groups in total. The van der Waals surface area contributed by atoms with Crippen LogP contribution in [-0.4, -0.2) is 64.2 Å². The van der Waals surface area contributed by atoms with Gasteiger partial charge in [0.15, 0.2) is 11.6 Å². The van der Waals surface area contributed by atoms with Crippen LogP contribution >= 0.6 is 11.6 Å².